The highest BCUT2D eigenvalue weighted by Crippen LogP contribution is 2.38. The monoisotopic (exact) mass is 345 g/mol. The normalized spacial score (nSPS) is 10.8. The van der Waals surface area contributed by atoms with Crippen molar-refractivity contribution in [1.82, 2.24) is 9.66 Å². The average molecular weight is 345 g/mol. The maximum absolute atomic E-state index is 12.2. The number of methoxy groups -OCH3 is 1. The first-order valence-electron chi connectivity index (χ1n) is 6.95. The van der Waals surface area contributed by atoms with Gasteiger partial charge >= 0.3 is 12.0 Å². The van der Waals surface area contributed by atoms with Crippen LogP contribution in [0.25, 0.3) is 20.8 Å². The van der Waals surface area contributed by atoms with E-state index >= 15 is 0 Å². The predicted molar refractivity (Wildman–Crippen MR) is 92.5 cm³/mol. The Hall–Kier alpha value is -3.07. The minimum atomic E-state index is -0.799. The summed E-state index contributed by atoms with van der Waals surface area (Å²) in [5.74, 6) is -0.413. The van der Waals surface area contributed by atoms with E-state index in [4.69, 9.17) is 16.2 Å². The molecule has 2 heterocycles. The number of primary amides is 1. The maximum atomic E-state index is 12.2. The Morgan fingerprint density at radius 3 is 2.67 bits per heavy atom. The van der Waals surface area contributed by atoms with Crippen LogP contribution in [0.3, 0.4) is 0 Å². The first-order valence-corrected chi connectivity index (χ1v) is 7.77. The Balaban J connectivity index is 2.28. The largest absolute Gasteiger partial charge is 0.465 e. The fourth-order valence-electron chi connectivity index (χ4n) is 2.51. The van der Waals surface area contributed by atoms with Gasteiger partial charge in [0, 0.05) is 0 Å². The molecule has 3 aromatic rings. The molecule has 0 saturated carbocycles. The van der Waals surface area contributed by atoms with Crippen LogP contribution in [0.5, 0.6) is 0 Å². The zero-order chi connectivity index (χ0) is 17.4. The number of amides is 2. The number of nitrogens with two attached hydrogens (primary N) is 2. The molecule has 0 saturated heterocycles. The molecule has 8 nitrogen and oxygen atoms in total. The van der Waals surface area contributed by atoms with E-state index in [9.17, 15) is 9.59 Å². The van der Waals surface area contributed by atoms with Crippen molar-refractivity contribution < 1.29 is 14.3 Å². The van der Waals surface area contributed by atoms with Crippen molar-refractivity contribution in [2.24, 2.45) is 5.73 Å². The van der Waals surface area contributed by atoms with Gasteiger partial charge in [-0.25, -0.2) is 24.7 Å². The Kier molecular flexibility index (Phi) is 3.86. The van der Waals surface area contributed by atoms with Gasteiger partial charge in [0.1, 0.15) is 10.8 Å². The van der Waals surface area contributed by atoms with Crippen molar-refractivity contribution in [3.8, 4) is 10.6 Å². The first-order chi connectivity index (χ1) is 11.4. The molecule has 1 aromatic carbocycles. The molecule has 2 amide bonds. The van der Waals surface area contributed by atoms with Gasteiger partial charge in [-0.3, -0.25) is 0 Å². The summed E-state index contributed by atoms with van der Waals surface area (Å²) >= 11 is 1.39. The molecule has 0 fully saturated rings. The van der Waals surface area contributed by atoms with Crippen molar-refractivity contribution in [3.05, 3.63) is 35.5 Å². The number of ether oxygens (including phenoxy) is 1. The van der Waals surface area contributed by atoms with E-state index in [0.29, 0.717) is 16.3 Å². The first kappa shape index (κ1) is 15.8. The number of hydrogen-bond acceptors (Lipinski definition) is 6. The third-order valence-electron chi connectivity index (χ3n) is 3.56. The SMILES string of the molecule is COC(=O)c1c(-c2nc3ccccc3s2)c(N)n(NC(N)=O)c1C. The maximum Gasteiger partial charge on any atom is 0.340 e. The molecule has 0 radical (unpaired) electrons. The highest BCUT2D eigenvalue weighted by Gasteiger charge is 2.28. The number of aromatic nitrogens is 2. The van der Waals surface area contributed by atoms with Crippen molar-refractivity contribution in [1.29, 1.82) is 0 Å². The predicted octanol–water partition coefficient (Wildman–Crippen LogP) is 2.06. The lowest BCUT2D eigenvalue weighted by Crippen LogP contribution is -2.30. The fraction of sp³-hybridized carbons (Fsp3) is 0.133. The molecule has 0 aliphatic rings. The molecule has 2 aromatic heterocycles. The van der Waals surface area contributed by atoms with Crippen molar-refractivity contribution in [2.75, 3.05) is 18.3 Å². The summed E-state index contributed by atoms with van der Waals surface area (Å²) in [6.45, 7) is 1.63. The zero-order valence-corrected chi connectivity index (χ0v) is 13.8. The highest BCUT2D eigenvalue weighted by atomic mass is 32.1. The molecule has 124 valence electrons. The fourth-order valence-corrected chi connectivity index (χ4v) is 3.54. The van der Waals surface area contributed by atoms with Crippen LogP contribution >= 0.6 is 11.3 Å². The molecule has 3 rings (SSSR count). The summed E-state index contributed by atoms with van der Waals surface area (Å²) < 4.78 is 7.07. The number of benzene rings is 1. The summed E-state index contributed by atoms with van der Waals surface area (Å²) in [5, 5.41) is 0.558. The summed E-state index contributed by atoms with van der Waals surface area (Å²) in [5.41, 5.74) is 15.6. The van der Waals surface area contributed by atoms with E-state index in [-0.39, 0.29) is 11.4 Å². The number of esters is 1. The molecule has 0 aliphatic heterocycles. The number of nitrogen functional groups attached to an aromatic ring is 1. The van der Waals surface area contributed by atoms with Gasteiger partial charge < -0.3 is 16.2 Å². The summed E-state index contributed by atoms with van der Waals surface area (Å²) in [6, 6.07) is 6.78. The zero-order valence-electron chi connectivity index (χ0n) is 13.0. The number of nitrogens with zero attached hydrogens (tertiary/aromatic N) is 2. The second-order valence-electron chi connectivity index (χ2n) is 5.01. The number of nitrogens with one attached hydrogen (secondary N) is 1. The molecule has 9 heteroatoms. The van der Waals surface area contributed by atoms with Crippen molar-refractivity contribution >= 4 is 39.4 Å². The van der Waals surface area contributed by atoms with Crippen LogP contribution < -0.4 is 16.9 Å². The number of carbonyl (C=O) groups is 2. The third kappa shape index (κ3) is 2.44. The number of carbonyl (C=O) groups excluding carboxylic acids is 2. The lowest BCUT2D eigenvalue weighted by molar-refractivity contribution is 0.0600. The number of thiazole rings is 1. The van der Waals surface area contributed by atoms with Crippen molar-refractivity contribution in [3.63, 3.8) is 0 Å². The highest BCUT2D eigenvalue weighted by molar-refractivity contribution is 7.21. The molecule has 0 spiro atoms. The molecule has 0 unspecified atom stereocenters. The number of hydrogen-bond donors (Lipinski definition) is 3. The second kappa shape index (κ2) is 5.85. The minimum Gasteiger partial charge on any atom is -0.465 e. The number of fused-ring (bicyclic) bond motifs is 1. The number of urea groups is 1. The number of para-hydroxylation sites is 1. The van der Waals surface area contributed by atoms with Crippen LogP contribution in [0, 0.1) is 6.92 Å². The summed E-state index contributed by atoms with van der Waals surface area (Å²) in [6.07, 6.45) is 0. The van der Waals surface area contributed by atoms with Crippen LogP contribution in [0.1, 0.15) is 16.1 Å². The van der Waals surface area contributed by atoms with Crippen molar-refractivity contribution in [2.45, 2.75) is 6.92 Å². The van der Waals surface area contributed by atoms with Crippen LogP contribution in [0.4, 0.5) is 10.6 Å². The molecule has 5 N–H and O–H groups in total. The van der Waals surface area contributed by atoms with Crippen LogP contribution in [-0.4, -0.2) is 28.8 Å². The Bertz CT molecular complexity index is 927. The smallest absolute Gasteiger partial charge is 0.340 e. The topological polar surface area (TPSA) is 125 Å². The van der Waals surface area contributed by atoms with Crippen LogP contribution in [0.2, 0.25) is 0 Å². The van der Waals surface area contributed by atoms with Crippen LogP contribution in [0.15, 0.2) is 24.3 Å². The molecule has 0 bridgehead atoms. The van der Waals surface area contributed by atoms with E-state index in [1.165, 1.54) is 23.1 Å². The van der Waals surface area contributed by atoms with Gasteiger partial charge in [-0.05, 0) is 19.1 Å². The van der Waals surface area contributed by atoms with Gasteiger partial charge in [0.15, 0.2) is 0 Å². The Labute approximate surface area is 141 Å². The van der Waals surface area contributed by atoms with Gasteiger partial charge in [-0.1, -0.05) is 12.1 Å². The molecule has 0 aliphatic carbocycles. The van der Waals surface area contributed by atoms with E-state index in [0.717, 1.165) is 10.2 Å². The van der Waals surface area contributed by atoms with E-state index in [2.05, 4.69) is 10.4 Å². The molecular formula is C15H15N5O3S. The summed E-state index contributed by atoms with van der Waals surface area (Å²) in [7, 11) is 1.28. The standard InChI is InChI=1S/C15H15N5O3S/c1-7-10(14(21)23-2)11(12(16)20(7)19-15(17)22)13-18-8-5-3-4-6-9(8)24-13/h3-6H,16H2,1-2H3,(H3,17,19,22). The quantitative estimate of drug-likeness (QED) is 0.627. The lowest BCUT2D eigenvalue weighted by atomic mass is 10.1. The van der Waals surface area contributed by atoms with E-state index in [1.54, 1.807) is 6.92 Å². The van der Waals surface area contributed by atoms with Crippen LogP contribution in [-0.2, 0) is 4.74 Å². The molecule has 24 heavy (non-hydrogen) atoms. The number of rotatable bonds is 3. The summed E-state index contributed by atoms with van der Waals surface area (Å²) in [4.78, 5) is 28.0. The van der Waals surface area contributed by atoms with Gasteiger partial charge in [-0.15, -0.1) is 11.3 Å². The minimum absolute atomic E-state index is 0.158. The lowest BCUT2D eigenvalue weighted by Gasteiger charge is -2.08. The average Bonchev–Trinajstić information content (AvgIpc) is 3.07. The third-order valence-corrected chi connectivity index (χ3v) is 4.62. The van der Waals surface area contributed by atoms with Gasteiger partial charge in [0.05, 0.1) is 34.1 Å². The van der Waals surface area contributed by atoms with Gasteiger partial charge in [0.2, 0.25) is 0 Å². The second-order valence-corrected chi connectivity index (χ2v) is 6.04. The Morgan fingerprint density at radius 1 is 1.33 bits per heavy atom. The molecule has 0 atom stereocenters. The van der Waals surface area contributed by atoms with E-state index < -0.39 is 12.0 Å². The van der Waals surface area contributed by atoms with Gasteiger partial charge in [-0.2, -0.15) is 0 Å². The molecular weight excluding hydrogens is 330 g/mol. The van der Waals surface area contributed by atoms with Gasteiger partial charge in [0.25, 0.3) is 0 Å². The van der Waals surface area contributed by atoms with E-state index in [1.807, 2.05) is 24.3 Å². The number of anilines is 1. The Morgan fingerprint density at radius 2 is 2.04 bits per heavy atom.